The Bertz CT molecular complexity index is 416. The average molecular weight is 256 g/mol. The Labute approximate surface area is 104 Å². The van der Waals surface area contributed by atoms with Gasteiger partial charge in [0.25, 0.3) is 0 Å². The lowest BCUT2D eigenvalue weighted by Gasteiger charge is -2.08. The topological polar surface area (TPSA) is 35.5 Å². The van der Waals surface area contributed by atoms with Crippen molar-refractivity contribution in [1.29, 1.82) is 0 Å². The molecule has 0 bridgehead atoms. The van der Waals surface area contributed by atoms with Gasteiger partial charge in [0.05, 0.1) is 12.7 Å². The van der Waals surface area contributed by atoms with Crippen LogP contribution in [0.4, 0.5) is 0 Å². The van der Waals surface area contributed by atoms with Crippen molar-refractivity contribution in [3.05, 3.63) is 29.3 Å². The number of aryl methyl sites for hydroxylation is 1. The molecular weight excluding hydrogens is 244 g/mol. The normalized spacial score (nSPS) is 9.69. The summed E-state index contributed by atoms with van der Waals surface area (Å²) in [6, 6.07) is 5.19. The second-order valence-corrected chi connectivity index (χ2v) is 4.43. The van der Waals surface area contributed by atoms with Gasteiger partial charge in [-0.05, 0) is 43.1 Å². The Morgan fingerprint density at radius 1 is 1.44 bits per heavy atom. The van der Waals surface area contributed by atoms with E-state index in [9.17, 15) is 4.79 Å². The highest BCUT2D eigenvalue weighted by atomic mass is 32.2. The molecular formula is C11H12O3S2. The average Bonchev–Trinajstić information content (AvgIpc) is 2.30. The quantitative estimate of drug-likeness (QED) is 0.600. The summed E-state index contributed by atoms with van der Waals surface area (Å²) in [7, 11) is 1.35. The first-order chi connectivity index (χ1) is 7.58. The molecule has 0 spiro atoms. The highest BCUT2D eigenvalue weighted by Crippen LogP contribution is 2.19. The van der Waals surface area contributed by atoms with Gasteiger partial charge in [-0.25, -0.2) is 4.79 Å². The van der Waals surface area contributed by atoms with E-state index in [0.29, 0.717) is 15.7 Å². The highest BCUT2D eigenvalue weighted by Gasteiger charge is 2.11. The van der Waals surface area contributed by atoms with Crippen LogP contribution in [0.1, 0.15) is 15.9 Å². The first-order valence-electron chi connectivity index (χ1n) is 4.53. The van der Waals surface area contributed by atoms with Gasteiger partial charge in [0.15, 0.2) is 0 Å². The van der Waals surface area contributed by atoms with Crippen LogP contribution < -0.4 is 4.74 Å². The van der Waals surface area contributed by atoms with Crippen molar-refractivity contribution in [2.24, 2.45) is 0 Å². The number of rotatable bonds is 2. The van der Waals surface area contributed by atoms with Crippen LogP contribution in [0.5, 0.6) is 5.75 Å². The Balaban J connectivity index is 2.98. The molecule has 0 atom stereocenters. The maximum Gasteiger partial charge on any atom is 0.338 e. The summed E-state index contributed by atoms with van der Waals surface area (Å²) in [5.74, 6) is 0.170. The zero-order chi connectivity index (χ0) is 12.1. The first kappa shape index (κ1) is 13.0. The van der Waals surface area contributed by atoms with Crippen LogP contribution in [0, 0.1) is 6.92 Å². The van der Waals surface area contributed by atoms with Gasteiger partial charge in [0.2, 0.25) is 4.38 Å². The Kier molecular flexibility index (Phi) is 4.76. The lowest BCUT2D eigenvalue weighted by Crippen LogP contribution is -2.05. The van der Waals surface area contributed by atoms with Gasteiger partial charge in [-0.2, -0.15) is 0 Å². The SMILES string of the molecule is COC(=O)c1cc(OC(=S)SC)ccc1C. The Hall–Kier alpha value is -1.07. The van der Waals surface area contributed by atoms with Gasteiger partial charge in [0.1, 0.15) is 5.75 Å². The molecule has 16 heavy (non-hydrogen) atoms. The smallest absolute Gasteiger partial charge is 0.338 e. The molecule has 0 radical (unpaired) electrons. The summed E-state index contributed by atoms with van der Waals surface area (Å²) in [4.78, 5) is 11.4. The largest absolute Gasteiger partial charge is 0.465 e. The van der Waals surface area contributed by atoms with E-state index in [1.165, 1.54) is 18.9 Å². The van der Waals surface area contributed by atoms with Crippen LogP contribution in [0.25, 0.3) is 0 Å². The van der Waals surface area contributed by atoms with Crippen LogP contribution in [0.15, 0.2) is 18.2 Å². The number of thiocarbonyl (C=S) groups is 1. The predicted octanol–water partition coefficient (Wildman–Crippen LogP) is 2.81. The minimum absolute atomic E-state index is 0.377. The monoisotopic (exact) mass is 256 g/mol. The van der Waals surface area contributed by atoms with Gasteiger partial charge in [-0.3, -0.25) is 0 Å². The Morgan fingerprint density at radius 2 is 2.12 bits per heavy atom. The molecule has 1 aromatic rings. The molecule has 5 heteroatoms. The van der Waals surface area contributed by atoms with E-state index in [1.54, 1.807) is 18.2 Å². The molecule has 0 fully saturated rings. The van der Waals surface area contributed by atoms with E-state index in [-0.39, 0.29) is 5.97 Å². The summed E-state index contributed by atoms with van der Waals surface area (Å²) < 4.78 is 10.4. The van der Waals surface area contributed by atoms with E-state index in [0.717, 1.165) is 5.56 Å². The molecule has 0 heterocycles. The number of carbonyl (C=O) groups is 1. The molecule has 86 valence electrons. The van der Waals surface area contributed by atoms with E-state index in [1.807, 2.05) is 13.2 Å². The van der Waals surface area contributed by atoms with Crippen molar-refractivity contribution in [2.45, 2.75) is 6.92 Å². The molecule has 0 amide bonds. The molecule has 0 aromatic heterocycles. The van der Waals surface area contributed by atoms with E-state index < -0.39 is 0 Å². The zero-order valence-electron chi connectivity index (χ0n) is 9.27. The fourth-order valence-corrected chi connectivity index (χ4v) is 1.41. The van der Waals surface area contributed by atoms with Crippen molar-refractivity contribution in [1.82, 2.24) is 0 Å². The van der Waals surface area contributed by atoms with Gasteiger partial charge >= 0.3 is 5.97 Å². The number of thioether (sulfide) groups is 1. The number of methoxy groups -OCH3 is 1. The molecule has 0 aliphatic heterocycles. The fourth-order valence-electron chi connectivity index (χ4n) is 1.13. The minimum atomic E-state index is -0.377. The maximum absolute atomic E-state index is 11.4. The number of hydrogen-bond donors (Lipinski definition) is 0. The van der Waals surface area contributed by atoms with Crippen molar-refractivity contribution < 1.29 is 14.3 Å². The molecule has 0 N–H and O–H groups in total. The molecule has 3 nitrogen and oxygen atoms in total. The van der Waals surface area contributed by atoms with Crippen molar-refractivity contribution >= 4 is 34.3 Å². The van der Waals surface area contributed by atoms with Gasteiger partial charge in [0, 0.05) is 0 Å². The van der Waals surface area contributed by atoms with Crippen molar-refractivity contribution in [2.75, 3.05) is 13.4 Å². The second-order valence-electron chi connectivity index (χ2n) is 3.02. The molecule has 0 saturated carbocycles. The van der Waals surface area contributed by atoms with Crippen LogP contribution in [-0.4, -0.2) is 23.7 Å². The predicted molar refractivity (Wildman–Crippen MR) is 69.3 cm³/mol. The number of hydrogen-bond acceptors (Lipinski definition) is 5. The number of benzene rings is 1. The lowest BCUT2D eigenvalue weighted by atomic mass is 10.1. The van der Waals surface area contributed by atoms with Crippen molar-refractivity contribution in [3.63, 3.8) is 0 Å². The number of carbonyl (C=O) groups excluding carboxylic acids is 1. The van der Waals surface area contributed by atoms with E-state index in [2.05, 4.69) is 4.74 Å². The fraction of sp³-hybridized carbons (Fsp3) is 0.273. The van der Waals surface area contributed by atoms with Gasteiger partial charge < -0.3 is 9.47 Å². The molecule has 0 aliphatic rings. The van der Waals surface area contributed by atoms with Gasteiger partial charge in [-0.15, -0.1) is 0 Å². The number of ether oxygens (including phenoxy) is 2. The molecule has 0 aliphatic carbocycles. The highest BCUT2D eigenvalue weighted by molar-refractivity contribution is 8.22. The number of esters is 1. The second kappa shape index (κ2) is 5.86. The molecule has 1 rings (SSSR count). The summed E-state index contributed by atoms with van der Waals surface area (Å²) in [5.41, 5.74) is 1.33. The van der Waals surface area contributed by atoms with E-state index >= 15 is 0 Å². The first-order valence-corrected chi connectivity index (χ1v) is 6.16. The Morgan fingerprint density at radius 3 is 2.69 bits per heavy atom. The van der Waals surface area contributed by atoms with Crippen LogP contribution in [-0.2, 0) is 4.74 Å². The summed E-state index contributed by atoms with van der Waals surface area (Å²) in [6.07, 6.45) is 1.83. The third-order valence-corrected chi connectivity index (χ3v) is 2.98. The van der Waals surface area contributed by atoms with Crippen LogP contribution in [0.3, 0.4) is 0 Å². The van der Waals surface area contributed by atoms with Crippen molar-refractivity contribution in [3.8, 4) is 5.75 Å². The van der Waals surface area contributed by atoms with Crippen LogP contribution >= 0.6 is 24.0 Å². The third-order valence-electron chi connectivity index (χ3n) is 1.98. The summed E-state index contributed by atoms with van der Waals surface area (Å²) >= 11 is 6.27. The third kappa shape index (κ3) is 3.21. The van der Waals surface area contributed by atoms with Gasteiger partial charge in [-0.1, -0.05) is 17.8 Å². The summed E-state index contributed by atoms with van der Waals surface area (Å²) in [5, 5.41) is 0. The minimum Gasteiger partial charge on any atom is -0.465 e. The maximum atomic E-state index is 11.4. The molecule has 0 saturated heterocycles. The summed E-state index contributed by atoms with van der Waals surface area (Å²) in [6.45, 7) is 1.84. The van der Waals surface area contributed by atoms with E-state index in [4.69, 9.17) is 17.0 Å². The molecule has 1 aromatic carbocycles. The van der Waals surface area contributed by atoms with Crippen LogP contribution in [0.2, 0.25) is 0 Å². The molecule has 0 unspecified atom stereocenters. The standard InChI is InChI=1S/C11H12O3S2/c1-7-4-5-8(14-11(15)16-3)6-9(7)10(12)13-2/h4-6H,1-3H3. The lowest BCUT2D eigenvalue weighted by molar-refractivity contribution is 0.0599. The zero-order valence-corrected chi connectivity index (χ0v) is 10.9.